The second kappa shape index (κ2) is 7.14. The summed E-state index contributed by atoms with van der Waals surface area (Å²) < 4.78 is 18.0. The van der Waals surface area contributed by atoms with Crippen LogP contribution in [-0.2, 0) is 0 Å². The van der Waals surface area contributed by atoms with Crippen LogP contribution in [-0.4, -0.2) is 34.8 Å². The Kier molecular flexibility index (Phi) is 4.76. The van der Waals surface area contributed by atoms with Gasteiger partial charge in [-0.05, 0) is 55.0 Å². The van der Waals surface area contributed by atoms with E-state index in [-0.39, 0.29) is 0 Å². The maximum absolute atomic E-state index is 5.50. The topological polar surface area (TPSA) is 77.6 Å². The highest BCUT2D eigenvalue weighted by Crippen LogP contribution is 2.27. The van der Waals surface area contributed by atoms with Crippen LogP contribution in [0.4, 0.5) is 0 Å². The van der Waals surface area contributed by atoms with Gasteiger partial charge in [-0.25, -0.2) is 5.10 Å². The summed E-state index contributed by atoms with van der Waals surface area (Å²) in [5.41, 5.74) is 0.837. The number of hydrogen-bond donors (Lipinski definition) is 1. The molecule has 8 heteroatoms. The van der Waals surface area contributed by atoms with Gasteiger partial charge in [0.05, 0.1) is 26.2 Å². The minimum atomic E-state index is 0.371. The van der Waals surface area contributed by atoms with Crippen LogP contribution in [0.3, 0.4) is 0 Å². The molecule has 0 fully saturated rings. The molecule has 3 rings (SSSR count). The van der Waals surface area contributed by atoms with Gasteiger partial charge in [-0.1, -0.05) is 0 Å². The van der Waals surface area contributed by atoms with Crippen LogP contribution in [0.2, 0.25) is 0 Å². The number of benzene rings is 1. The maximum Gasteiger partial charge on any atom is 0.219 e. The Morgan fingerprint density at radius 1 is 1.38 bits per heavy atom. The molecule has 2 heterocycles. The predicted octanol–water partition coefficient (Wildman–Crippen LogP) is 3.49. The number of furan rings is 1. The molecule has 124 valence electrons. The van der Waals surface area contributed by atoms with Gasteiger partial charge in [0.15, 0.2) is 17.3 Å². The monoisotopic (exact) mass is 344 g/mol. The van der Waals surface area contributed by atoms with Gasteiger partial charge in [0, 0.05) is 0 Å². The number of rotatable bonds is 6. The first kappa shape index (κ1) is 16.0. The lowest BCUT2D eigenvalue weighted by Crippen LogP contribution is -1.97. The fourth-order valence-electron chi connectivity index (χ4n) is 2.13. The van der Waals surface area contributed by atoms with Crippen molar-refractivity contribution in [2.75, 3.05) is 13.7 Å². The largest absolute Gasteiger partial charge is 0.493 e. The molecule has 0 aliphatic carbocycles. The Hall–Kier alpha value is -2.87. The molecule has 0 saturated carbocycles. The van der Waals surface area contributed by atoms with Crippen LogP contribution in [0, 0.1) is 4.77 Å². The third-order valence-corrected chi connectivity index (χ3v) is 3.47. The maximum atomic E-state index is 5.50. The molecule has 0 unspecified atom stereocenters. The average molecular weight is 344 g/mol. The van der Waals surface area contributed by atoms with E-state index in [0.29, 0.717) is 34.5 Å². The summed E-state index contributed by atoms with van der Waals surface area (Å²) in [5.74, 6) is 2.40. The van der Waals surface area contributed by atoms with E-state index in [4.69, 9.17) is 26.1 Å². The molecular formula is C16H16N4O3S. The molecule has 0 bridgehead atoms. The van der Waals surface area contributed by atoms with Crippen LogP contribution in [0.5, 0.6) is 11.5 Å². The van der Waals surface area contributed by atoms with E-state index in [1.165, 1.54) is 4.68 Å². The summed E-state index contributed by atoms with van der Waals surface area (Å²) in [5, 5.41) is 11.2. The molecule has 0 spiro atoms. The van der Waals surface area contributed by atoms with Crippen molar-refractivity contribution >= 4 is 18.4 Å². The SMILES string of the molecule is CCOc1ccc(/C=N/n2c(-c3ccco3)n[nH]c2=S)cc1OC. The lowest BCUT2D eigenvalue weighted by Gasteiger charge is -2.09. The average Bonchev–Trinajstić information content (AvgIpc) is 3.24. The third kappa shape index (κ3) is 3.23. The van der Waals surface area contributed by atoms with Crippen molar-refractivity contribution in [1.82, 2.24) is 14.9 Å². The minimum Gasteiger partial charge on any atom is -0.493 e. The number of methoxy groups -OCH3 is 1. The van der Waals surface area contributed by atoms with Gasteiger partial charge in [-0.2, -0.15) is 9.78 Å². The molecule has 1 aromatic carbocycles. The first-order chi connectivity index (χ1) is 11.7. The van der Waals surface area contributed by atoms with Gasteiger partial charge < -0.3 is 13.9 Å². The minimum absolute atomic E-state index is 0.371. The van der Waals surface area contributed by atoms with Crippen molar-refractivity contribution in [3.8, 4) is 23.1 Å². The Morgan fingerprint density at radius 2 is 2.25 bits per heavy atom. The van der Waals surface area contributed by atoms with E-state index in [2.05, 4.69) is 15.3 Å². The molecule has 0 atom stereocenters. The smallest absolute Gasteiger partial charge is 0.219 e. The molecule has 0 radical (unpaired) electrons. The molecular weight excluding hydrogens is 328 g/mol. The Bertz CT molecular complexity index is 896. The van der Waals surface area contributed by atoms with E-state index in [0.717, 1.165) is 5.56 Å². The van der Waals surface area contributed by atoms with E-state index < -0.39 is 0 Å². The Labute approximate surface area is 143 Å². The lowest BCUT2D eigenvalue weighted by atomic mass is 10.2. The molecule has 3 aromatic rings. The molecule has 0 saturated heterocycles. The zero-order chi connectivity index (χ0) is 16.9. The first-order valence-electron chi connectivity index (χ1n) is 7.29. The number of aromatic nitrogens is 3. The first-order valence-corrected chi connectivity index (χ1v) is 7.70. The molecule has 0 aliphatic heterocycles. The summed E-state index contributed by atoms with van der Waals surface area (Å²) in [6, 6.07) is 9.12. The zero-order valence-electron chi connectivity index (χ0n) is 13.2. The summed E-state index contributed by atoms with van der Waals surface area (Å²) in [6.07, 6.45) is 3.23. The van der Waals surface area contributed by atoms with Gasteiger partial charge in [-0.3, -0.25) is 0 Å². The van der Waals surface area contributed by atoms with Crippen molar-refractivity contribution < 1.29 is 13.9 Å². The van der Waals surface area contributed by atoms with Crippen molar-refractivity contribution in [3.05, 3.63) is 46.9 Å². The number of H-pyrrole nitrogens is 1. The van der Waals surface area contributed by atoms with E-state index in [9.17, 15) is 0 Å². The summed E-state index contributed by atoms with van der Waals surface area (Å²) in [7, 11) is 1.60. The van der Waals surface area contributed by atoms with Crippen LogP contribution < -0.4 is 9.47 Å². The van der Waals surface area contributed by atoms with Crippen molar-refractivity contribution in [1.29, 1.82) is 0 Å². The Morgan fingerprint density at radius 3 is 2.96 bits per heavy atom. The number of nitrogens with zero attached hydrogens (tertiary/aromatic N) is 3. The predicted molar refractivity (Wildman–Crippen MR) is 92.3 cm³/mol. The summed E-state index contributed by atoms with van der Waals surface area (Å²) in [4.78, 5) is 0. The highest BCUT2D eigenvalue weighted by Gasteiger charge is 2.10. The van der Waals surface area contributed by atoms with Crippen molar-refractivity contribution in [2.45, 2.75) is 6.92 Å². The van der Waals surface area contributed by atoms with Crippen LogP contribution >= 0.6 is 12.2 Å². The van der Waals surface area contributed by atoms with Crippen LogP contribution in [0.15, 0.2) is 46.1 Å². The number of nitrogens with one attached hydrogen (secondary N) is 1. The molecule has 7 nitrogen and oxygen atoms in total. The fraction of sp³-hybridized carbons (Fsp3) is 0.188. The van der Waals surface area contributed by atoms with Gasteiger partial charge in [0.25, 0.3) is 0 Å². The van der Waals surface area contributed by atoms with Crippen LogP contribution in [0.25, 0.3) is 11.6 Å². The van der Waals surface area contributed by atoms with E-state index >= 15 is 0 Å². The van der Waals surface area contributed by atoms with Crippen LogP contribution in [0.1, 0.15) is 12.5 Å². The standard InChI is InChI=1S/C16H16N4O3S/c1-3-22-12-7-6-11(9-14(12)21-2)10-17-20-15(18-19-16(20)24)13-5-4-8-23-13/h4-10H,3H2,1-2H3,(H,19,24)/b17-10+. The van der Waals surface area contributed by atoms with Gasteiger partial charge >= 0.3 is 0 Å². The van der Waals surface area contributed by atoms with Gasteiger partial charge in [0.1, 0.15) is 0 Å². The van der Waals surface area contributed by atoms with E-state index in [1.807, 2.05) is 25.1 Å². The van der Waals surface area contributed by atoms with Gasteiger partial charge in [0.2, 0.25) is 10.6 Å². The highest BCUT2D eigenvalue weighted by atomic mass is 32.1. The lowest BCUT2D eigenvalue weighted by molar-refractivity contribution is 0.311. The molecule has 0 aliphatic rings. The third-order valence-electron chi connectivity index (χ3n) is 3.20. The quantitative estimate of drug-likeness (QED) is 0.547. The van der Waals surface area contributed by atoms with Crippen molar-refractivity contribution in [3.63, 3.8) is 0 Å². The zero-order valence-corrected chi connectivity index (χ0v) is 14.0. The number of hydrogen-bond acceptors (Lipinski definition) is 6. The summed E-state index contributed by atoms with van der Waals surface area (Å²) in [6.45, 7) is 2.49. The molecule has 2 aromatic heterocycles. The summed E-state index contributed by atoms with van der Waals surface area (Å²) >= 11 is 5.21. The van der Waals surface area contributed by atoms with E-state index in [1.54, 1.807) is 31.7 Å². The molecule has 0 amide bonds. The second-order valence-electron chi connectivity index (χ2n) is 4.73. The number of ether oxygens (including phenoxy) is 2. The van der Waals surface area contributed by atoms with Crippen molar-refractivity contribution in [2.24, 2.45) is 5.10 Å². The fourth-order valence-corrected chi connectivity index (χ4v) is 2.31. The molecule has 1 N–H and O–H groups in total. The normalized spacial score (nSPS) is 11.1. The molecule has 24 heavy (non-hydrogen) atoms. The van der Waals surface area contributed by atoms with Gasteiger partial charge in [-0.15, -0.1) is 5.10 Å². The number of aromatic amines is 1. The second-order valence-corrected chi connectivity index (χ2v) is 5.12. The highest BCUT2D eigenvalue weighted by molar-refractivity contribution is 7.71. The Balaban J connectivity index is 1.92.